The van der Waals surface area contributed by atoms with E-state index in [1.54, 1.807) is 6.92 Å². The number of halogens is 4. The number of carboxylic acids is 1. The van der Waals surface area contributed by atoms with Crippen LogP contribution in [0.15, 0.2) is 30.3 Å². The van der Waals surface area contributed by atoms with Crippen LogP contribution < -0.4 is 4.74 Å². The van der Waals surface area contributed by atoms with E-state index in [4.69, 9.17) is 9.84 Å². The van der Waals surface area contributed by atoms with Crippen LogP contribution in [-0.2, 0) is 24.0 Å². The zero-order chi connectivity index (χ0) is 24.6. The highest BCUT2D eigenvalue weighted by atomic mass is 32.1. The topological polar surface area (TPSA) is 72.3 Å². The van der Waals surface area contributed by atoms with Gasteiger partial charge in [0, 0.05) is 12.0 Å². The molecule has 0 aliphatic heterocycles. The first-order valence-corrected chi connectivity index (χ1v) is 11.7. The minimum Gasteiger partial charge on any atom is -0.486 e. The second-order valence-corrected chi connectivity index (χ2v) is 9.74. The minimum atomic E-state index is -4.76. The lowest BCUT2D eigenvalue weighted by Crippen LogP contribution is -2.07. The van der Waals surface area contributed by atoms with Gasteiger partial charge in [-0.05, 0) is 37.6 Å². The SMILES string of the molecule is Cc1ccc2nc(CCC(=O)O)sc2c1OCc1sc(-c2ccc(C(F)(F)F)c(F)c2)nc1C. The number of aryl methyl sites for hydroxylation is 3. The molecule has 2 heterocycles. The normalized spacial score (nSPS) is 11.8. The summed E-state index contributed by atoms with van der Waals surface area (Å²) in [5.74, 6) is -1.61. The van der Waals surface area contributed by atoms with E-state index >= 15 is 0 Å². The van der Waals surface area contributed by atoms with Crippen molar-refractivity contribution in [1.29, 1.82) is 0 Å². The van der Waals surface area contributed by atoms with Crippen LogP contribution in [0.25, 0.3) is 20.8 Å². The van der Waals surface area contributed by atoms with Crippen molar-refractivity contribution in [3.8, 4) is 16.3 Å². The van der Waals surface area contributed by atoms with E-state index in [9.17, 15) is 22.4 Å². The van der Waals surface area contributed by atoms with E-state index in [1.807, 2.05) is 19.1 Å². The molecule has 178 valence electrons. The molecule has 0 aliphatic carbocycles. The van der Waals surface area contributed by atoms with Gasteiger partial charge in [0.05, 0.1) is 37.8 Å². The number of ether oxygens (including phenoxy) is 1. The van der Waals surface area contributed by atoms with Crippen LogP contribution >= 0.6 is 22.7 Å². The third kappa shape index (κ3) is 5.05. The number of rotatable bonds is 7. The maximum absolute atomic E-state index is 14.0. The van der Waals surface area contributed by atoms with E-state index in [0.29, 0.717) is 39.5 Å². The maximum atomic E-state index is 14.0. The predicted molar refractivity (Wildman–Crippen MR) is 122 cm³/mol. The van der Waals surface area contributed by atoms with Gasteiger partial charge < -0.3 is 9.84 Å². The maximum Gasteiger partial charge on any atom is 0.419 e. The first-order chi connectivity index (χ1) is 16.0. The number of aromatic nitrogens is 2. The van der Waals surface area contributed by atoms with E-state index in [0.717, 1.165) is 21.2 Å². The van der Waals surface area contributed by atoms with Crippen LogP contribution in [0.5, 0.6) is 5.75 Å². The predicted octanol–water partition coefficient (Wildman–Crippen LogP) is 6.79. The Kier molecular flexibility index (Phi) is 6.59. The molecule has 0 saturated heterocycles. The van der Waals surface area contributed by atoms with Gasteiger partial charge in [-0.3, -0.25) is 4.79 Å². The van der Waals surface area contributed by atoms with Crippen LogP contribution in [0.1, 0.15) is 33.1 Å². The van der Waals surface area contributed by atoms with Gasteiger partial charge in [-0.15, -0.1) is 22.7 Å². The lowest BCUT2D eigenvalue weighted by atomic mass is 10.1. The summed E-state index contributed by atoms with van der Waals surface area (Å²) < 4.78 is 59.4. The molecule has 0 radical (unpaired) electrons. The molecule has 0 unspecified atom stereocenters. The van der Waals surface area contributed by atoms with E-state index in [2.05, 4.69) is 9.97 Å². The number of nitrogens with zero attached hydrogens (tertiary/aromatic N) is 2. The molecular weight excluding hydrogens is 492 g/mol. The number of carbonyl (C=O) groups is 1. The van der Waals surface area contributed by atoms with Crippen molar-refractivity contribution < 1.29 is 32.2 Å². The molecule has 4 aromatic rings. The lowest BCUT2D eigenvalue weighted by Gasteiger charge is -2.09. The highest BCUT2D eigenvalue weighted by Crippen LogP contribution is 2.37. The molecular formula is C23H18F4N2O3S2. The van der Waals surface area contributed by atoms with Crippen molar-refractivity contribution in [2.45, 2.75) is 39.5 Å². The van der Waals surface area contributed by atoms with Gasteiger partial charge in [-0.1, -0.05) is 12.1 Å². The Hall–Kier alpha value is -3.05. The van der Waals surface area contributed by atoms with Gasteiger partial charge in [0.15, 0.2) is 0 Å². The second-order valence-electron chi connectivity index (χ2n) is 7.57. The van der Waals surface area contributed by atoms with Crippen LogP contribution in [0, 0.1) is 19.7 Å². The Morgan fingerprint density at radius 1 is 1.12 bits per heavy atom. The Morgan fingerprint density at radius 2 is 1.88 bits per heavy atom. The van der Waals surface area contributed by atoms with Crippen molar-refractivity contribution in [2.75, 3.05) is 0 Å². The molecule has 0 spiro atoms. The molecule has 1 N–H and O–H groups in total. The number of hydrogen-bond donors (Lipinski definition) is 1. The number of carboxylic acid groups (broad SMARTS) is 1. The average molecular weight is 511 g/mol. The first kappa shape index (κ1) is 24.1. The highest BCUT2D eigenvalue weighted by Gasteiger charge is 2.34. The van der Waals surface area contributed by atoms with Crippen molar-refractivity contribution >= 4 is 38.9 Å². The monoisotopic (exact) mass is 510 g/mol. The van der Waals surface area contributed by atoms with Gasteiger partial charge in [0.1, 0.15) is 23.2 Å². The molecule has 0 amide bonds. The first-order valence-electron chi connectivity index (χ1n) is 10.1. The van der Waals surface area contributed by atoms with Crippen molar-refractivity contribution in [2.24, 2.45) is 0 Å². The molecule has 0 aliphatic rings. The van der Waals surface area contributed by atoms with Gasteiger partial charge in [0.25, 0.3) is 0 Å². The summed E-state index contributed by atoms with van der Waals surface area (Å²) in [5.41, 5.74) is 1.18. The Labute approximate surface area is 199 Å². The standard InChI is InChI=1S/C23H18F4N2O3S2/c1-11-3-6-16-21(34-18(29-16)7-8-19(30)31)20(11)32-10-17-12(2)28-22(33-17)13-4-5-14(15(24)9-13)23(25,26)27/h3-6,9H,7-8,10H2,1-2H3,(H,30,31). The smallest absolute Gasteiger partial charge is 0.419 e. The van der Waals surface area contributed by atoms with Crippen LogP contribution in [0.3, 0.4) is 0 Å². The molecule has 2 aromatic heterocycles. The van der Waals surface area contributed by atoms with Crippen molar-refractivity contribution in [3.63, 3.8) is 0 Å². The third-order valence-corrected chi connectivity index (χ3v) is 7.38. The zero-order valence-corrected chi connectivity index (χ0v) is 19.6. The summed E-state index contributed by atoms with van der Waals surface area (Å²) in [4.78, 5) is 20.5. The summed E-state index contributed by atoms with van der Waals surface area (Å²) >= 11 is 2.60. The molecule has 0 bridgehead atoms. The fourth-order valence-corrected chi connectivity index (χ4v) is 5.40. The molecule has 0 fully saturated rings. The van der Waals surface area contributed by atoms with E-state index in [-0.39, 0.29) is 18.6 Å². The van der Waals surface area contributed by atoms with Crippen molar-refractivity contribution in [3.05, 3.63) is 62.9 Å². The molecule has 0 saturated carbocycles. The lowest BCUT2D eigenvalue weighted by molar-refractivity contribution is -0.140. The van der Waals surface area contributed by atoms with Gasteiger partial charge in [-0.25, -0.2) is 14.4 Å². The third-order valence-electron chi connectivity index (χ3n) is 5.07. The summed E-state index contributed by atoms with van der Waals surface area (Å²) in [6.07, 6.45) is -4.44. The largest absolute Gasteiger partial charge is 0.486 e. The second kappa shape index (κ2) is 9.30. The van der Waals surface area contributed by atoms with Crippen LogP contribution in [-0.4, -0.2) is 21.0 Å². The quantitative estimate of drug-likeness (QED) is 0.277. The van der Waals surface area contributed by atoms with Gasteiger partial charge in [-0.2, -0.15) is 13.2 Å². The number of thiazole rings is 2. The fourth-order valence-electron chi connectivity index (χ4n) is 3.31. The van der Waals surface area contributed by atoms with Crippen LogP contribution in [0.2, 0.25) is 0 Å². The zero-order valence-electron chi connectivity index (χ0n) is 18.0. The average Bonchev–Trinajstić information content (AvgIpc) is 3.34. The number of hydrogen-bond acceptors (Lipinski definition) is 6. The number of aliphatic carboxylic acids is 1. The Balaban J connectivity index is 1.56. The van der Waals surface area contributed by atoms with E-state index in [1.165, 1.54) is 28.7 Å². The number of alkyl halides is 3. The van der Waals surface area contributed by atoms with E-state index < -0.39 is 23.5 Å². The molecule has 5 nitrogen and oxygen atoms in total. The molecule has 2 aromatic carbocycles. The number of fused-ring (bicyclic) bond motifs is 1. The molecule has 0 atom stereocenters. The minimum absolute atomic E-state index is 0.0115. The van der Waals surface area contributed by atoms with Gasteiger partial charge >= 0.3 is 12.1 Å². The molecule has 34 heavy (non-hydrogen) atoms. The highest BCUT2D eigenvalue weighted by molar-refractivity contribution is 7.19. The summed E-state index contributed by atoms with van der Waals surface area (Å²) in [5, 5.41) is 10.0. The summed E-state index contributed by atoms with van der Waals surface area (Å²) in [6, 6.07) is 6.48. The summed E-state index contributed by atoms with van der Waals surface area (Å²) in [6.45, 7) is 3.81. The molecule has 4 rings (SSSR count). The van der Waals surface area contributed by atoms with Crippen molar-refractivity contribution in [1.82, 2.24) is 9.97 Å². The Morgan fingerprint density at radius 3 is 2.56 bits per heavy atom. The number of benzene rings is 2. The summed E-state index contributed by atoms with van der Waals surface area (Å²) in [7, 11) is 0. The fraction of sp³-hybridized carbons (Fsp3) is 0.261. The van der Waals surface area contributed by atoms with Crippen LogP contribution in [0.4, 0.5) is 17.6 Å². The van der Waals surface area contributed by atoms with Gasteiger partial charge in [0.2, 0.25) is 0 Å². The molecule has 11 heteroatoms. The Bertz CT molecular complexity index is 1380.